The Morgan fingerprint density at radius 2 is 1.41 bits per heavy atom. The SMILES string of the molecule is O=C(CSc1ccc(NC(=O)/C(=C/c2ccccc2F)NC(=O)c2ccccc2)cc1)Nc1ccc([N+](=O)[O-])cc1. The van der Waals surface area contributed by atoms with Gasteiger partial charge in [0.05, 0.1) is 10.7 Å². The Balaban J connectivity index is 1.38. The summed E-state index contributed by atoms with van der Waals surface area (Å²) in [6.45, 7) is 0. The second-order valence-corrected chi connectivity index (χ2v) is 9.57. The third kappa shape index (κ3) is 8.35. The molecule has 0 saturated heterocycles. The maximum absolute atomic E-state index is 14.3. The summed E-state index contributed by atoms with van der Waals surface area (Å²) in [6, 6.07) is 26.4. The number of halogens is 1. The van der Waals surface area contributed by atoms with Gasteiger partial charge in [0.25, 0.3) is 17.5 Å². The van der Waals surface area contributed by atoms with Crippen molar-refractivity contribution in [2.75, 3.05) is 16.4 Å². The van der Waals surface area contributed by atoms with E-state index in [2.05, 4.69) is 16.0 Å². The molecule has 4 aromatic rings. The molecule has 0 spiro atoms. The van der Waals surface area contributed by atoms with Crippen molar-refractivity contribution < 1.29 is 23.7 Å². The fourth-order valence-corrected chi connectivity index (χ4v) is 4.23. The number of hydrogen-bond acceptors (Lipinski definition) is 6. The predicted molar refractivity (Wildman–Crippen MR) is 156 cm³/mol. The van der Waals surface area contributed by atoms with Crippen molar-refractivity contribution in [3.05, 3.63) is 136 Å². The largest absolute Gasteiger partial charge is 0.325 e. The number of nitrogens with one attached hydrogen (secondary N) is 3. The van der Waals surface area contributed by atoms with Crippen LogP contribution in [0.4, 0.5) is 21.5 Å². The number of benzene rings is 4. The smallest absolute Gasteiger partial charge is 0.272 e. The molecule has 0 unspecified atom stereocenters. The van der Waals surface area contributed by atoms with Crippen molar-refractivity contribution >= 4 is 52.6 Å². The van der Waals surface area contributed by atoms with Crippen LogP contribution in [0.5, 0.6) is 0 Å². The summed E-state index contributed by atoms with van der Waals surface area (Å²) < 4.78 is 14.3. The van der Waals surface area contributed by atoms with Gasteiger partial charge in [0.1, 0.15) is 11.5 Å². The minimum Gasteiger partial charge on any atom is -0.325 e. The lowest BCUT2D eigenvalue weighted by Gasteiger charge is -2.12. The van der Waals surface area contributed by atoms with Crippen molar-refractivity contribution in [1.82, 2.24) is 5.32 Å². The van der Waals surface area contributed by atoms with Gasteiger partial charge in [0, 0.05) is 39.5 Å². The van der Waals surface area contributed by atoms with E-state index in [9.17, 15) is 28.9 Å². The molecule has 41 heavy (non-hydrogen) atoms. The zero-order valence-corrected chi connectivity index (χ0v) is 22.2. The molecule has 0 aromatic heterocycles. The van der Waals surface area contributed by atoms with Gasteiger partial charge < -0.3 is 16.0 Å². The predicted octanol–water partition coefficient (Wildman–Crippen LogP) is 5.87. The van der Waals surface area contributed by atoms with Gasteiger partial charge in [-0.05, 0) is 60.7 Å². The molecule has 0 fully saturated rings. The van der Waals surface area contributed by atoms with Crippen LogP contribution in [-0.4, -0.2) is 28.4 Å². The van der Waals surface area contributed by atoms with Crippen LogP contribution < -0.4 is 16.0 Å². The molecule has 0 aliphatic heterocycles. The number of hydrogen-bond donors (Lipinski definition) is 3. The third-order valence-corrected chi connectivity index (χ3v) is 6.59. The van der Waals surface area contributed by atoms with E-state index in [4.69, 9.17) is 0 Å². The van der Waals surface area contributed by atoms with E-state index >= 15 is 0 Å². The highest BCUT2D eigenvalue weighted by Gasteiger charge is 2.16. The van der Waals surface area contributed by atoms with Gasteiger partial charge in [-0.1, -0.05) is 36.4 Å². The topological polar surface area (TPSA) is 130 Å². The first-order chi connectivity index (χ1) is 19.8. The number of nitrogens with zero attached hydrogens (tertiary/aromatic N) is 1. The quantitative estimate of drug-likeness (QED) is 0.0946. The Kier molecular flexibility index (Phi) is 9.57. The van der Waals surface area contributed by atoms with Gasteiger partial charge in [-0.3, -0.25) is 24.5 Å². The second-order valence-electron chi connectivity index (χ2n) is 8.52. The number of amides is 3. The number of carbonyl (C=O) groups excluding carboxylic acids is 3. The van der Waals surface area contributed by atoms with Gasteiger partial charge in [-0.15, -0.1) is 11.8 Å². The molecule has 4 aromatic carbocycles. The molecular formula is C30H23FN4O5S. The highest BCUT2D eigenvalue weighted by atomic mass is 32.2. The number of thioether (sulfide) groups is 1. The molecule has 0 bridgehead atoms. The van der Waals surface area contributed by atoms with Gasteiger partial charge in [-0.25, -0.2) is 4.39 Å². The number of rotatable bonds is 10. The Hall–Kier alpha value is -5.29. The lowest BCUT2D eigenvalue weighted by atomic mass is 10.1. The van der Waals surface area contributed by atoms with E-state index in [1.165, 1.54) is 60.3 Å². The van der Waals surface area contributed by atoms with Crippen LogP contribution in [0.15, 0.2) is 114 Å². The molecule has 11 heteroatoms. The Morgan fingerprint density at radius 3 is 2.07 bits per heavy atom. The van der Waals surface area contributed by atoms with E-state index < -0.39 is 22.6 Å². The molecule has 0 radical (unpaired) electrons. The van der Waals surface area contributed by atoms with Gasteiger partial charge in [0.2, 0.25) is 5.91 Å². The monoisotopic (exact) mass is 570 g/mol. The summed E-state index contributed by atoms with van der Waals surface area (Å²) in [6.07, 6.45) is 1.26. The molecule has 3 N–H and O–H groups in total. The van der Waals surface area contributed by atoms with Crippen LogP contribution >= 0.6 is 11.8 Å². The van der Waals surface area contributed by atoms with Crippen LogP contribution in [-0.2, 0) is 9.59 Å². The maximum atomic E-state index is 14.3. The zero-order chi connectivity index (χ0) is 29.2. The third-order valence-electron chi connectivity index (χ3n) is 5.58. The first kappa shape index (κ1) is 28.7. The van der Waals surface area contributed by atoms with E-state index in [1.807, 2.05) is 0 Å². The van der Waals surface area contributed by atoms with E-state index in [0.717, 1.165) is 4.90 Å². The Morgan fingerprint density at radius 1 is 0.805 bits per heavy atom. The highest BCUT2D eigenvalue weighted by Crippen LogP contribution is 2.22. The molecule has 3 amide bonds. The summed E-state index contributed by atoms with van der Waals surface area (Å²) in [5.41, 5.74) is 1.10. The van der Waals surface area contributed by atoms with Crippen molar-refractivity contribution in [1.29, 1.82) is 0 Å². The van der Waals surface area contributed by atoms with Crippen molar-refractivity contribution in [2.45, 2.75) is 4.90 Å². The number of nitro benzene ring substituents is 1. The van der Waals surface area contributed by atoms with E-state index in [-0.39, 0.29) is 28.6 Å². The minimum absolute atomic E-state index is 0.0713. The molecule has 206 valence electrons. The molecule has 9 nitrogen and oxygen atoms in total. The van der Waals surface area contributed by atoms with Crippen molar-refractivity contribution in [3.8, 4) is 0 Å². The summed E-state index contributed by atoms with van der Waals surface area (Å²) in [7, 11) is 0. The van der Waals surface area contributed by atoms with Crippen LogP contribution in [0.2, 0.25) is 0 Å². The Labute approximate surface area is 238 Å². The number of nitro groups is 1. The average Bonchev–Trinajstić information content (AvgIpc) is 2.98. The van der Waals surface area contributed by atoms with E-state index in [1.54, 1.807) is 60.7 Å². The normalized spacial score (nSPS) is 10.9. The summed E-state index contributed by atoms with van der Waals surface area (Å²) in [5, 5.41) is 18.7. The highest BCUT2D eigenvalue weighted by molar-refractivity contribution is 8.00. The molecule has 0 aliphatic rings. The lowest BCUT2D eigenvalue weighted by molar-refractivity contribution is -0.384. The fourth-order valence-electron chi connectivity index (χ4n) is 3.54. The molecule has 0 saturated carbocycles. The van der Waals surface area contributed by atoms with Gasteiger partial charge >= 0.3 is 0 Å². The standard InChI is InChI=1S/C30H23FN4O5S/c31-26-9-5-4-8-21(26)18-27(34-29(37)20-6-2-1-3-7-20)30(38)33-23-12-16-25(17-13-23)41-19-28(36)32-22-10-14-24(15-11-22)35(39)40/h1-18H,19H2,(H,32,36)(H,33,38)(H,34,37)/b27-18-. The maximum Gasteiger partial charge on any atom is 0.272 e. The Bertz CT molecular complexity index is 1590. The van der Waals surface area contributed by atoms with Crippen molar-refractivity contribution in [3.63, 3.8) is 0 Å². The van der Waals surface area contributed by atoms with Crippen LogP contribution in [0.3, 0.4) is 0 Å². The molecule has 4 rings (SSSR count). The lowest BCUT2D eigenvalue weighted by Crippen LogP contribution is -2.30. The summed E-state index contributed by atoms with van der Waals surface area (Å²) in [4.78, 5) is 49.1. The summed E-state index contributed by atoms with van der Waals surface area (Å²) in [5.74, 6) is -1.93. The van der Waals surface area contributed by atoms with Gasteiger partial charge in [-0.2, -0.15) is 0 Å². The fraction of sp³-hybridized carbons (Fsp3) is 0.0333. The van der Waals surface area contributed by atoms with Crippen molar-refractivity contribution in [2.24, 2.45) is 0 Å². The van der Waals surface area contributed by atoms with Crippen LogP contribution in [0, 0.1) is 15.9 Å². The summed E-state index contributed by atoms with van der Waals surface area (Å²) >= 11 is 1.26. The minimum atomic E-state index is -0.652. The first-order valence-corrected chi connectivity index (χ1v) is 13.2. The molecule has 0 atom stereocenters. The average molecular weight is 571 g/mol. The number of anilines is 2. The number of carbonyl (C=O) groups is 3. The molecular weight excluding hydrogens is 547 g/mol. The molecule has 0 heterocycles. The molecule has 0 aliphatic carbocycles. The number of non-ortho nitro benzene ring substituents is 1. The van der Waals surface area contributed by atoms with Gasteiger partial charge in [0.15, 0.2) is 0 Å². The first-order valence-electron chi connectivity index (χ1n) is 12.2. The van der Waals surface area contributed by atoms with Crippen LogP contribution in [0.1, 0.15) is 15.9 Å². The second kappa shape index (κ2) is 13.7. The zero-order valence-electron chi connectivity index (χ0n) is 21.4. The van der Waals surface area contributed by atoms with E-state index in [0.29, 0.717) is 16.9 Å². The van der Waals surface area contributed by atoms with Crippen LogP contribution in [0.25, 0.3) is 6.08 Å².